The predicted octanol–water partition coefficient (Wildman–Crippen LogP) is 2.62. The normalized spacial score (nSPS) is 19.1. The van der Waals surface area contributed by atoms with E-state index < -0.39 is 0 Å². The molecule has 1 fully saturated rings. The van der Waals surface area contributed by atoms with E-state index in [1.54, 1.807) is 0 Å². The molecule has 2 rings (SSSR count). The van der Waals surface area contributed by atoms with E-state index in [1.165, 1.54) is 0 Å². The summed E-state index contributed by atoms with van der Waals surface area (Å²) in [5, 5.41) is 3.23. The molecule has 1 aliphatic heterocycles. The minimum atomic E-state index is -0.0972. The molecule has 0 radical (unpaired) electrons. The van der Waals surface area contributed by atoms with Gasteiger partial charge in [0, 0.05) is 30.6 Å². The van der Waals surface area contributed by atoms with Crippen LogP contribution in [0, 0.1) is 5.92 Å². The van der Waals surface area contributed by atoms with Crippen LogP contribution in [-0.4, -0.2) is 36.3 Å². The summed E-state index contributed by atoms with van der Waals surface area (Å²) in [5.41, 5.74) is -0.0972. The third kappa shape index (κ3) is 4.07. The van der Waals surface area contributed by atoms with Gasteiger partial charge in [-0.25, -0.2) is 4.98 Å². The SMILES string of the molecule is CCNc1cc(OCC2CCOC2)nc(C(C)(C)C)n1. The van der Waals surface area contributed by atoms with E-state index in [1.807, 2.05) is 6.07 Å². The fourth-order valence-electron chi connectivity index (χ4n) is 2.02. The van der Waals surface area contributed by atoms with Gasteiger partial charge in [-0.05, 0) is 13.3 Å². The Labute approximate surface area is 121 Å². The van der Waals surface area contributed by atoms with E-state index in [2.05, 4.69) is 43.0 Å². The topological polar surface area (TPSA) is 56.3 Å². The Balaban J connectivity index is 2.11. The van der Waals surface area contributed by atoms with Gasteiger partial charge in [0.15, 0.2) is 0 Å². The van der Waals surface area contributed by atoms with Crippen molar-refractivity contribution >= 4 is 5.82 Å². The number of anilines is 1. The van der Waals surface area contributed by atoms with Crippen LogP contribution in [0.25, 0.3) is 0 Å². The van der Waals surface area contributed by atoms with Crippen LogP contribution in [0.1, 0.15) is 39.9 Å². The molecule has 1 aromatic heterocycles. The van der Waals surface area contributed by atoms with E-state index in [0.29, 0.717) is 18.4 Å². The van der Waals surface area contributed by atoms with E-state index in [4.69, 9.17) is 9.47 Å². The Morgan fingerprint density at radius 1 is 1.40 bits per heavy atom. The van der Waals surface area contributed by atoms with Gasteiger partial charge in [-0.2, -0.15) is 4.98 Å². The minimum absolute atomic E-state index is 0.0972. The molecule has 5 nitrogen and oxygen atoms in total. The Hall–Kier alpha value is -1.36. The van der Waals surface area contributed by atoms with Gasteiger partial charge in [0.2, 0.25) is 5.88 Å². The fraction of sp³-hybridized carbons (Fsp3) is 0.733. The molecule has 2 heterocycles. The van der Waals surface area contributed by atoms with E-state index >= 15 is 0 Å². The molecule has 1 saturated heterocycles. The summed E-state index contributed by atoms with van der Waals surface area (Å²) < 4.78 is 11.2. The van der Waals surface area contributed by atoms with Crippen LogP contribution < -0.4 is 10.1 Å². The first-order valence-corrected chi connectivity index (χ1v) is 7.33. The lowest BCUT2D eigenvalue weighted by molar-refractivity contribution is 0.165. The first-order valence-electron chi connectivity index (χ1n) is 7.33. The van der Waals surface area contributed by atoms with Crippen LogP contribution in [0.4, 0.5) is 5.82 Å². The van der Waals surface area contributed by atoms with E-state index in [-0.39, 0.29) is 5.41 Å². The maximum absolute atomic E-state index is 5.84. The molecule has 20 heavy (non-hydrogen) atoms. The second-order valence-corrected chi connectivity index (χ2v) is 6.24. The number of nitrogens with one attached hydrogen (secondary N) is 1. The Kier molecular flexibility index (Phi) is 4.81. The van der Waals surface area contributed by atoms with Crippen LogP contribution in [-0.2, 0) is 10.2 Å². The molecule has 112 valence electrons. The highest BCUT2D eigenvalue weighted by Gasteiger charge is 2.21. The Morgan fingerprint density at radius 2 is 2.20 bits per heavy atom. The summed E-state index contributed by atoms with van der Waals surface area (Å²) in [5.74, 6) is 2.75. The maximum atomic E-state index is 5.84. The van der Waals surface area contributed by atoms with Gasteiger partial charge >= 0.3 is 0 Å². The average molecular weight is 279 g/mol. The summed E-state index contributed by atoms with van der Waals surface area (Å²) in [6.45, 7) is 11.5. The molecule has 1 atom stereocenters. The highest BCUT2D eigenvalue weighted by Crippen LogP contribution is 2.24. The molecule has 1 unspecified atom stereocenters. The highest BCUT2D eigenvalue weighted by atomic mass is 16.5. The summed E-state index contributed by atoms with van der Waals surface area (Å²) >= 11 is 0. The van der Waals surface area contributed by atoms with Crippen molar-refractivity contribution in [2.24, 2.45) is 5.92 Å². The van der Waals surface area contributed by atoms with Gasteiger partial charge in [0.25, 0.3) is 0 Å². The number of aromatic nitrogens is 2. The zero-order valence-electron chi connectivity index (χ0n) is 12.9. The third-order valence-corrected chi connectivity index (χ3v) is 3.22. The van der Waals surface area contributed by atoms with Crippen molar-refractivity contribution in [1.82, 2.24) is 9.97 Å². The lowest BCUT2D eigenvalue weighted by Crippen LogP contribution is -2.19. The van der Waals surface area contributed by atoms with E-state index in [0.717, 1.165) is 37.8 Å². The summed E-state index contributed by atoms with van der Waals surface area (Å²) in [4.78, 5) is 9.08. The molecule has 0 bridgehead atoms. The summed E-state index contributed by atoms with van der Waals surface area (Å²) in [6, 6.07) is 1.87. The summed E-state index contributed by atoms with van der Waals surface area (Å²) in [6.07, 6.45) is 1.07. The first kappa shape index (κ1) is 15.0. The molecule has 5 heteroatoms. The number of rotatable bonds is 5. The van der Waals surface area contributed by atoms with Crippen molar-refractivity contribution in [2.75, 3.05) is 31.7 Å². The number of ether oxygens (including phenoxy) is 2. The smallest absolute Gasteiger partial charge is 0.218 e. The van der Waals surface area contributed by atoms with Gasteiger partial charge < -0.3 is 14.8 Å². The number of hydrogen-bond acceptors (Lipinski definition) is 5. The van der Waals surface area contributed by atoms with Crippen molar-refractivity contribution < 1.29 is 9.47 Å². The Bertz CT molecular complexity index is 437. The first-order chi connectivity index (χ1) is 9.49. The van der Waals surface area contributed by atoms with Crippen molar-refractivity contribution in [3.8, 4) is 5.88 Å². The van der Waals surface area contributed by atoms with Gasteiger partial charge in [-0.3, -0.25) is 0 Å². The van der Waals surface area contributed by atoms with Crippen LogP contribution in [0.2, 0.25) is 0 Å². The molecular weight excluding hydrogens is 254 g/mol. The quantitative estimate of drug-likeness (QED) is 0.898. The zero-order chi connectivity index (χ0) is 14.6. The minimum Gasteiger partial charge on any atom is -0.477 e. The molecule has 0 saturated carbocycles. The fourth-order valence-corrected chi connectivity index (χ4v) is 2.02. The molecule has 1 aliphatic rings. The molecular formula is C15H25N3O2. The Morgan fingerprint density at radius 3 is 2.80 bits per heavy atom. The standard InChI is InChI=1S/C15H25N3O2/c1-5-16-12-8-13(18-14(17-12)15(2,3)4)20-10-11-6-7-19-9-11/h8,11H,5-7,9-10H2,1-4H3,(H,16,17,18). The number of nitrogens with zero attached hydrogens (tertiary/aromatic N) is 2. The predicted molar refractivity (Wildman–Crippen MR) is 79.3 cm³/mol. The average Bonchev–Trinajstić information content (AvgIpc) is 2.88. The maximum Gasteiger partial charge on any atom is 0.218 e. The van der Waals surface area contributed by atoms with Crippen molar-refractivity contribution in [1.29, 1.82) is 0 Å². The van der Waals surface area contributed by atoms with Crippen LogP contribution in [0.15, 0.2) is 6.07 Å². The van der Waals surface area contributed by atoms with Gasteiger partial charge in [-0.1, -0.05) is 20.8 Å². The van der Waals surface area contributed by atoms with Gasteiger partial charge in [-0.15, -0.1) is 0 Å². The largest absolute Gasteiger partial charge is 0.477 e. The van der Waals surface area contributed by atoms with Crippen molar-refractivity contribution in [3.63, 3.8) is 0 Å². The van der Waals surface area contributed by atoms with Crippen molar-refractivity contribution in [2.45, 2.75) is 39.5 Å². The molecule has 1 N–H and O–H groups in total. The second-order valence-electron chi connectivity index (χ2n) is 6.24. The third-order valence-electron chi connectivity index (χ3n) is 3.22. The molecule has 0 aromatic carbocycles. The van der Waals surface area contributed by atoms with Gasteiger partial charge in [0.1, 0.15) is 11.6 Å². The monoisotopic (exact) mass is 279 g/mol. The summed E-state index contributed by atoms with van der Waals surface area (Å²) in [7, 11) is 0. The van der Waals surface area contributed by atoms with Crippen LogP contribution >= 0.6 is 0 Å². The molecule has 0 amide bonds. The zero-order valence-corrected chi connectivity index (χ0v) is 12.9. The van der Waals surface area contributed by atoms with Crippen molar-refractivity contribution in [3.05, 3.63) is 11.9 Å². The lowest BCUT2D eigenvalue weighted by Gasteiger charge is -2.19. The molecule has 1 aromatic rings. The molecule has 0 spiro atoms. The second kappa shape index (κ2) is 6.39. The highest BCUT2D eigenvalue weighted by molar-refractivity contribution is 5.39. The lowest BCUT2D eigenvalue weighted by atomic mass is 9.96. The van der Waals surface area contributed by atoms with Gasteiger partial charge in [0.05, 0.1) is 13.2 Å². The van der Waals surface area contributed by atoms with Crippen LogP contribution in [0.3, 0.4) is 0 Å². The number of hydrogen-bond donors (Lipinski definition) is 1. The van der Waals surface area contributed by atoms with E-state index in [9.17, 15) is 0 Å². The molecule has 0 aliphatic carbocycles. The van der Waals surface area contributed by atoms with Crippen LogP contribution in [0.5, 0.6) is 5.88 Å².